The minimum Gasteiger partial charge on any atom is -0.496 e. The molecule has 13 aromatic carbocycles. The van der Waals surface area contributed by atoms with E-state index in [9.17, 15) is 0 Å². The number of hydrogen-bond acceptors (Lipinski definition) is 2. The number of hydrogen-bond donors (Lipinski definition) is 0. The predicted octanol–water partition coefficient (Wildman–Crippen LogP) is 19.9. The van der Waals surface area contributed by atoms with Gasteiger partial charge in [-0.2, -0.15) is 0 Å². The van der Waals surface area contributed by atoms with Gasteiger partial charge in [0.1, 0.15) is 11.5 Å². The van der Waals surface area contributed by atoms with E-state index in [1.807, 2.05) is 0 Å². The first-order chi connectivity index (χ1) is 36.7. The van der Waals surface area contributed by atoms with Crippen molar-refractivity contribution in [2.75, 3.05) is 14.2 Å². The second-order valence-corrected chi connectivity index (χ2v) is 21.0. The van der Waals surface area contributed by atoms with E-state index in [1.54, 1.807) is 14.2 Å². The first-order valence-electron chi connectivity index (χ1n) is 26.1. The number of ether oxygens (including phenoxy) is 2. The molecule has 0 amide bonds. The number of benzene rings is 13. The summed E-state index contributed by atoms with van der Waals surface area (Å²) in [7, 11) is 3.49. The fourth-order valence-electron chi connectivity index (χ4n) is 13.3. The fraction of sp³-hybridized carbons (Fsp3) is 0.0959. The third-order valence-electron chi connectivity index (χ3n) is 16.7. The van der Waals surface area contributed by atoms with Crippen molar-refractivity contribution in [2.45, 2.75) is 33.1 Å². The molecule has 2 nitrogen and oxygen atoms in total. The van der Waals surface area contributed by atoms with E-state index in [2.05, 4.69) is 246 Å². The molecule has 0 spiro atoms. The molecule has 0 N–H and O–H groups in total. The van der Waals surface area contributed by atoms with Gasteiger partial charge in [0.2, 0.25) is 0 Å². The zero-order valence-electron chi connectivity index (χ0n) is 43.1. The largest absolute Gasteiger partial charge is 0.496 e. The van der Waals surface area contributed by atoms with Crippen LogP contribution >= 0.6 is 0 Å². The summed E-state index contributed by atoms with van der Waals surface area (Å²) in [5.41, 5.74) is 19.7. The van der Waals surface area contributed by atoms with Crippen LogP contribution in [0.5, 0.6) is 11.5 Å². The first kappa shape index (κ1) is 44.7. The molecule has 358 valence electrons. The van der Waals surface area contributed by atoms with E-state index in [4.69, 9.17) is 9.47 Å². The Morgan fingerprint density at radius 1 is 0.267 bits per heavy atom. The molecule has 1 aliphatic rings. The van der Waals surface area contributed by atoms with Crippen LogP contribution in [0.4, 0.5) is 0 Å². The molecule has 0 unspecified atom stereocenters. The SMILES string of the molecule is COc1ccc(-c2c3ccccc3c(-c3ccc4c(c3)C(C)(C)c3cc(-c5c6ccccc6c(-c6c7ccccc7c(-c7ccc(OC)c(C)c7)c7ccccc67)c6ccccc56)ccc3-4)c3ccccc23)cc1C. The molecule has 1 aliphatic carbocycles. The lowest BCUT2D eigenvalue weighted by Gasteiger charge is -2.24. The van der Waals surface area contributed by atoms with Crippen LogP contribution in [0.2, 0.25) is 0 Å². The molecule has 0 saturated heterocycles. The summed E-state index contributed by atoms with van der Waals surface area (Å²) in [5, 5.41) is 14.9. The third kappa shape index (κ3) is 6.65. The summed E-state index contributed by atoms with van der Waals surface area (Å²) >= 11 is 0. The summed E-state index contributed by atoms with van der Waals surface area (Å²) in [6.45, 7) is 9.10. The van der Waals surface area contributed by atoms with Crippen molar-refractivity contribution in [3.8, 4) is 78.3 Å². The number of aryl methyl sites for hydroxylation is 2. The molecule has 0 radical (unpaired) electrons. The van der Waals surface area contributed by atoms with Crippen molar-refractivity contribution in [1.29, 1.82) is 0 Å². The first-order valence-corrected chi connectivity index (χ1v) is 26.1. The molecular weight excluding hydrogens is 909 g/mol. The standard InChI is InChI=1S/C73H54O2/c1-43-39-45(33-37-65(43)74-5)67-51-19-7-9-21-53(51)69(54-22-10-8-20-52(54)67)47-31-35-49-50-36-32-48(42-64(50)73(3,4)63(49)41-47)70-57-25-13-17-29-61(57)72(62-30-18-14-26-58(62)70)71-59-27-15-11-23-55(59)68(56-24-12-16-28-60(56)71)46-34-38-66(75-6)44(2)40-46/h7-42H,1-6H3. The van der Waals surface area contributed by atoms with Crippen LogP contribution in [0.3, 0.4) is 0 Å². The highest BCUT2D eigenvalue weighted by Gasteiger charge is 2.37. The van der Waals surface area contributed by atoms with Gasteiger partial charge < -0.3 is 9.47 Å². The van der Waals surface area contributed by atoms with Crippen molar-refractivity contribution in [1.82, 2.24) is 0 Å². The van der Waals surface area contributed by atoms with Gasteiger partial charge in [0.05, 0.1) is 14.2 Å². The highest BCUT2D eigenvalue weighted by atomic mass is 16.5. The van der Waals surface area contributed by atoms with Gasteiger partial charge in [-0.05, 0) is 204 Å². The van der Waals surface area contributed by atoms with Gasteiger partial charge in [-0.3, -0.25) is 0 Å². The monoisotopic (exact) mass is 962 g/mol. The zero-order chi connectivity index (χ0) is 50.7. The van der Waals surface area contributed by atoms with Gasteiger partial charge in [-0.25, -0.2) is 0 Å². The van der Waals surface area contributed by atoms with Crippen molar-refractivity contribution in [3.63, 3.8) is 0 Å². The van der Waals surface area contributed by atoms with Crippen molar-refractivity contribution in [3.05, 3.63) is 241 Å². The van der Waals surface area contributed by atoms with E-state index >= 15 is 0 Å². The highest BCUT2D eigenvalue weighted by Crippen LogP contribution is 2.55. The smallest absolute Gasteiger partial charge is 0.121 e. The molecule has 0 fully saturated rings. The normalized spacial score (nSPS) is 12.8. The van der Waals surface area contributed by atoms with Crippen LogP contribution in [0.25, 0.3) is 131 Å². The van der Waals surface area contributed by atoms with Gasteiger partial charge in [0.15, 0.2) is 0 Å². The fourth-order valence-corrected chi connectivity index (χ4v) is 13.3. The minimum atomic E-state index is -0.267. The van der Waals surface area contributed by atoms with E-state index in [0.29, 0.717) is 0 Å². The van der Waals surface area contributed by atoms with Crippen molar-refractivity contribution in [2.24, 2.45) is 0 Å². The molecular formula is C73H54O2. The Kier molecular flexibility index (Phi) is 10.2. The second kappa shape index (κ2) is 17.0. The van der Waals surface area contributed by atoms with Gasteiger partial charge in [-0.15, -0.1) is 0 Å². The maximum absolute atomic E-state index is 5.72. The van der Waals surface area contributed by atoms with E-state index in [1.165, 1.54) is 143 Å². The van der Waals surface area contributed by atoms with Crippen LogP contribution in [-0.4, -0.2) is 14.2 Å². The third-order valence-corrected chi connectivity index (χ3v) is 16.7. The molecule has 75 heavy (non-hydrogen) atoms. The van der Waals surface area contributed by atoms with Gasteiger partial charge in [0, 0.05) is 5.41 Å². The summed E-state index contributed by atoms with van der Waals surface area (Å²) in [4.78, 5) is 0. The lowest BCUT2D eigenvalue weighted by molar-refractivity contribution is 0.411. The van der Waals surface area contributed by atoms with Gasteiger partial charge in [-0.1, -0.05) is 196 Å². The van der Waals surface area contributed by atoms with Gasteiger partial charge >= 0.3 is 0 Å². The highest BCUT2D eigenvalue weighted by molar-refractivity contribution is 6.30. The van der Waals surface area contributed by atoms with Crippen LogP contribution < -0.4 is 9.47 Å². The molecule has 0 atom stereocenters. The lowest BCUT2D eigenvalue weighted by atomic mass is 9.78. The maximum Gasteiger partial charge on any atom is 0.121 e. The summed E-state index contributed by atoms with van der Waals surface area (Å²) < 4.78 is 11.4. The van der Waals surface area contributed by atoms with Gasteiger partial charge in [0.25, 0.3) is 0 Å². The second-order valence-electron chi connectivity index (χ2n) is 21.0. The summed E-state index contributed by atoms with van der Waals surface area (Å²) in [6.07, 6.45) is 0. The Hall–Kier alpha value is -8.98. The molecule has 0 heterocycles. The molecule has 14 rings (SSSR count). The van der Waals surface area contributed by atoms with E-state index in [-0.39, 0.29) is 5.41 Å². The topological polar surface area (TPSA) is 18.5 Å². The molecule has 0 saturated carbocycles. The minimum absolute atomic E-state index is 0.267. The van der Waals surface area contributed by atoms with Crippen LogP contribution in [0.15, 0.2) is 218 Å². The molecule has 0 aliphatic heterocycles. The number of fused-ring (bicyclic) bond motifs is 9. The van der Waals surface area contributed by atoms with Crippen LogP contribution in [-0.2, 0) is 5.41 Å². The number of methoxy groups -OCH3 is 2. The molecule has 0 aromatic heterocycles. The summed E-state index contributed by atoms with van der Waals surface area (Å²) in [6, 6.07) is 81.8. The Bertz CT molecular complexity index is 4380. The Labute approximate surface area is 438 Å². The Balaban J connectivity index is 0.943. The Morgan fingerprint density at radius 2 is 0.493 bits per heavy atom. The maximum atomic E-state index is 5.72. The Morgan fingerprint density at radius 3 is 0.733 bits per heavy atom. The van der Waals surface area contributed by atoms with Crippen LogP contribution in [0, 0.1) is 13.8 Å². The quantitative estimate of drug-likeness (QED) is 0.148. The predicted molar refractivity (Wildman–Crippen MR) is 319 cm³/mol. The average Bonchev–Trinajstić information content (AvgIpc) is 3.67. The molecule has 2 heteroatoms. The zero-order valence-corrected chi connectivity index (χ0v) is 43.1. The number of rotatable bonds is 7. The average molecular weight is 963 g/mol. The van der Waals surface area contributed by atoms with E-state index < -0.39 is 0 Å². The summed E-state index contributed by atoms with van der Waals surface area (Å²) in [5.74, 6) is 1.80. The lowest BCUT2D eigenvalue weighted by Crippen LogP contribution is -2.15. The van der Waals surface area contributed by atoms with E-state index in [0.717, 1.165) is 22.6 Å². The van der Waals surface area contributed by atoms with Crippen LogP contribution in [0.1, 0.15) is 36.1 Å². The molecule has 13 aromatic rings. The molecule has 0 bridgehead atoms. The van der Waals surface area contributed by atoms with Crippen molar-refractivity contribution < 1.29 is 9.47 Å². The van der Waals surface area contributed by atoms with Crippen molar-refractivity contribution >= 4 is 64.6 Å².